The summed E-state index contributed by atoms with van der Waals surface area (Å²) < 4.78 is 5.54. The smallest absolute Gasteiger partial charge is 0.290 e. The number of aliphatic hydroxyl groups excluding tert-OH is 1. The van der Waals surface area contributed by atoms with Crippen molar-refractivity contribution in [1.29, 1.82) is 0 Å². The highest BCUT2D eigenvalue weighted by molar-refractivity contribution is 6.08. The van der Waals surface area contributed by atoms with E-state index in [1.807, 2.05) is 45.0 Å². The lowest BCUT2D eigenvalue weighted by atomic mass is 9.92. The first-order valence-corrected chi connectivity index (χ1v) is 8.32. The highest BCUT2D eigenvalue weighted by atomic mass is 16.5. The van der Waals surface area contributed by atoms with Crippen molar-refractivity contribution in [2.75, 3.05) is 13.2 Å². The fourth-order valence-corrected chi connectivity index (χ4v) is 2.96. The maximum atomic E-state index is 12.5. The molecule has 2 rings (SSSR count). The topological polar surface area (TPSA) is 66.8 Å². The first kappa shape index (κ1) is 18.2. The standard InChI is InChI=1S/C19H25NO4/c1-5-15(21)16-17(14-9-7-6-8-13(14)4)20(19(23)18(16)22)10-11-24-12(2)3/h6-9,12,17,22H,5,10-11H2,1-4H3. The van der Waals surface area contributed by atoms with Crippen LogP contribution in [0.15, 0.2) is 35.6 Å². The Labute approximate surface area is 142 Å². The van der Waals surface area contributed by atoms with Gasteiger partial charge in [0.25, 0.3) is 5.91 Å². The van der Waals surface area contributed by atoms with Crippen LogP contribution in [0.4, 0.5) is 0 Å². The molecule has 0 aliphatic carbocycles. The van der Waals surface area contributed by atoms with Crippen LogP contribution in [-0.4, -0.2) is 41.0 Å². The maximum Gasteiger partial charge on any atom is 0.290 e. The molecule has 0 spiro atoms. The fourth-order valence-electron chi connectivity index (χ4n) is 2.96. The van der Waals surface area contributed by atoms with Gasteiger partial charge in [-0.25, -0.2) is 0 Å². The minimum absolute atomic E-state index is 0.0536. The average molecular weight is 331 g/mol. The normalized spacial score (nSPS) is 18.0. The van der Waals surface area contributed by atoms with E-state index in [0.717, 1.165) is 11.1 Å². The van der Waals surface area contributed by atoms with Crippen LogP contribution in [0.1, 0.15) is 44.4 Å². The van der Waals surface area contributed by atoms with Crippen molar-refractivity contribution in [3.8, 4) is 0 Å². The molecule has 0 saturated carbocycles. The van der Waals surface area contributed by atoms with Crippen LogP contribution in [0, 0.1) is 6.92 Å². The molecular formula is C19H25NO4. The van der Waals surface area contributed by atoms with E-state index in [0.29, 0.717) is 13.2 Å². The minimum atomic E-state index is -0.554. The van der Waals surface area contributed by atoms with Gasteiger partial charge in [-0.3, -0.25) is 9.59 Å². The molecule has 1 aliphatic rings. The summed E-state index contributed by atoms with van der Waals surface area (Å²) >= 11 is 0. The van der Waals surface area contributed by atoms with Gasteiger partial charge in [-0.2, -0.15) is 0 Å². The Kier molecular flexibility index (Phi) is 5.78. The second-order valence-corrected chi connectivity index (χ2v) is 6.22. The molecule has 1 heterocycles. The number of hydrogen-bond donors (Lipinski definition) is 1. The van der Waals surface area contributed by atoms with Crippen LogP contribution in [0.3, 0.4) is 0 Å². The largest absolute Gasteiger partial charge is 0.503 e. The van der Waals surface area contributed by atoms with Crippen molar-refractivity contribution >= 4 is 11.7 Å². The number of nitrogens with zero attached hydrogens (tertiary/aromatic N) is 1. The van der Waals surface area contributed by atoms with Crippen LogP contribution in [0.25, 0.3) is 0 Å². The number of hydrogen-bond acceptors (Lipinski definition) is 4. The Morgan fingerprint density at radius 1 is 1.33 bits per heavy atom. The van der Waals surface area contributed by atoms with Crippen molar-refractivity contribution in [3.63, 3.8) is 0 Å². The average Bonchev–Trinajstić information content (AvgIpc) is 2.79. The van der Waals surface area contributed by atoms with Gasteiger partial charge in [-0.1, -0.05) is 31.2 Å². The molecule has 0 bridgehead atoms. The van der Waals surface area contributed by atoms with Crippen molar-refractivity contribution < 1.29 is 19.4 Å². The zero-order chi connectivity index (χ0) is 17.9. The SMILES string of the molecule is CCC(=O)C1=C(O)C(=O)N(CCOC(C)C)C1c1ccccc1C. The monoisotopic (exact) mass is 331 g/mol. The lowest BCUT2D eigenvalue weighted by Crippen LogP contribution is -2.34. The Morgan fingerprint density at radius 3 is 2.58 bits per heavy atom. The van der Waals surface area contributed by atoms with Crippen LogP contribution in [-0.2, 0) is 14.3 Å². The first-order chi connectivity index (χ1) is 11.4. The van der Waals surface area contributed by atoms with Gasteiger partial charge in [-0.15, -0.1) is 0 Å². The van der Waals surface area contributed by atoms with E-state index in [1.165, 1.54) is 4.90 Å². The summed E-state index contributed by atoms with van der Waals surface area (Å²) in [5.41, 5.74) is 2.03. The maximum absolute atomic E-state index is 12.5. The summed E-state index contributed by atoms with van der Waals surface area (Å²) in [6, 6.07) is 7.06. The molecule has 130 valence electrons. The number of rotatable bonds is 7. The van der Waals surface area contributed by atoms with Gasteiger partial charge in [0, 0.05) is 13.0 Å². The van der Waals surface area contributed by atoms with E-state index in [-0.39, 0.29) is 23.9 Å². The van der Waals surface area contributed by atoms with E-state index in [4.69, 9.17) is 4.74 Å². The molecule has 1 aliphatic heterocycles. The molecule has 1 aromatic rings. The molecule has 0 fully saturated rings. The molecular weight excluding hydrogens is 306 g/mol. The van der Waals surface area contributed by atoms with Crippen LogP contribution in [0.2, 0.25) is 0 Å². The van der Waals surface area contributed by atoms with Crippen molar-refractivity contribution in [2.45, 2.75) is 46.3 Å². The summed E-state index contributed by atoms with van der Waals surface area (Å²) in [4.78, 5) is 26.4. The van der Waals surface area contributed by atoms with E-state index < -0.39 is 17.7 Å². The van der Waals surface area contributed by atoms with Gasteiger partial charge in [-0.05, 0) is 31.9 Å². The quantitative estimate of drug-likeness (QED) is 0.834. The highest BCUT2D eigenvalue weighted by Crippen LogP contribution is 2.39. The third-order valence-corrected chi connectivity index (χ3v) is 4.19. The molecule has 24 heavy (non-hydrogen) atoms. The molecule has 1 N–H and O–H groups in total. The molecule has 0 saturated heterocycles. The predicted molar refractivity (Wildman–Crippen MR) is 91.7 cm³/mol. The summed E-state index contributed by atoms with van der Waals surface area (Å²) in [7, 11) is 0. The number of carbonyl (C=O) groups excluding carboxylic acids is 2. The number of carbonyl (C=O) groups is 2. The van der Waals surface area contributed by atoms with E-state index in [2.05, 4.69) is 0 Å². The number of ketones is 1. The predicted octanol–water partition coefficient (Wildman–Crippen LogP) is 3.09. The Hall–Kier alpha value is -2.14. The Balaban J connectivity index is 2.42. The number of aliphatic hydroxyl groups is 1. The number of aryl methyl sites for hydroxylation is 1. The second-order valence-electron chi connectivity index (χ2n) is 6.22. The lowest BCUT2D eigenvalue weighted by molar-refractivity contribution is -0.130. The van der Waals surface area contributed by atoms with Gasteiger partial charge in [0.15, 0.2) is 11.5 Å². The molecule has 0 aromatic heterocycles. The fraction of sp³-hybridized carbons (Fsp3) is 0.474. The van der Waals surface area contributed by atoms with Gasteiger partial charge in [0.2, 0.25) is 0 Å². The van der Waals surface area contributed by atoms with E-state index in [1.54, 1.807) is 6.92 Å². The van der Waals surface area contributed by atoms with Gasteiger partial charge in [0.05, 0.1) is 24.3 Å². The molecule has 0 radical (unpaired) electrons. The lowest BCUT2D eigenvalue weighted by Gasteiger charge is -2.28. The third kappa shape index (κ3) is 3.51. The van der Waals surface area contributed by atoms with Crippen molar-refractivity contribution in [1.82, 2.24) is 4.90 Å². The van der Waals surface area contributed by atoms with Gasteiger partial charge in [0.1, 0.15) is 0 Å². The Bertz CT molecular complexity index is 663. The molecule has 5 nitrogen and oxygen atoms in total. The van der Waals surface area contributed by atoms with Crippen LogP contribution >= 0.6 is 0 Å². The number of benzene rings is 1. The number of ether oxygens (including phenoxy) is 1. The molecule has 1 aromatic carbocycles. The number of Topliss-reactive ketones (excluding diaryl/α,β-unsaturated/α-hetero) is 1. The molecule has 1 amide bonds. The van der Waals surface area contributed by atoms with E-state index in [9.17, 15) is 14.7 Å². The summed E-state index contributed by atoms with van der Waals surface area (Å²) in [5.74, 6) is -1.14. The van der Waals surface area contributed by atoms with E-state index >= 15 is 0 Å². The van der Waals surface area contributed by atoms with Gasteiger partial charge >= 0.3 is 0 Å². The van der Waals surface area contributed by atoms with Gasteiger partial charge < -0.3 is 14.7 Å². The Morgan fingerprint density at radius 2 is 2.00 bits per heavy atom. The zero-order valence-corrected chi connectivity index (χ0v) is 14.7. The molecule has 1 unspecified atom stereocenters. The third-order valence-electron chi connectivity index (χ3n) is 4.19. The highest BCUT2D eigenvalue weighted by Gasteiger charge is 2.43. The first-order valence-electron chi connectivity index (χ1n) is 8.32. The molecule has 5 heteroatoms. The summed E-state index contributed by atoms with van der Waals surface area (Å²) in [5, 5.41) is 10.3. The second kappa shape index (κ2) is 7.62. The number of amides is 1. The van der Waals surface area contributed by atoms with Crippen molar-refractivity contribution in [2.24, 2.45) is 0 Å². The minimum Gasteiger partial charge on any atom is -0.503 e. The van der Waals surface area contributed by atoms with Crippen LogP contribution < -0.4 is 0 Å². The van der Waals surface area contributed by atoms with Crippen molar-refractivity contribution in [3.05, 3.63) is 46.7 Å². The summed E-state index contributed by atoms with van der Waals surface area (Å²) in [6.45, 7) is 8.19. The summed E-state index contributed by atoms with van der Waals surface area (Å²) in [6.07, 6.45) is 0.295. The molecule has 1 atom stereocenters. The van der Waals surface area contributed by atoms with Crippen LogP contribution in [0.5, 0.6) is 0 Å². The zero-order valence-electron chi connectivity index (χ0n) is 14.7.